The molecule has 2 N–H and O–H groups in total. The fourth-order valence-corrected chi connectivity index (χ4v) is 4.63. The van der Waals surface area contributed by atoms with Crippen molar-refractivity contribution in [1.29, 1.82) is 0 Å². The summed E-state index contributed by atoms with van der Waals surface area (Å²) in [5.74, 6) is 0.911. The second-order valence-corrected chi connectivity index (χ2v) is 8.19. The van der Waals surface area contributed by atoms with Gasteiger partial charge in [0.05, 0.1) is 6.54 Å². The van der Waals surface area contributed by atoms with Gasteiger partial charge in [-0.2, -0.15) is 0 Å². The van der Waals surface area contributed by atoms with Gasteiger partial charge in [0.15, 0.2) is 0 Å². The predicted molar refractivity (Wildman–Crippen MR) is 117 cm³/mol. The third-order valence-corrected chi connectivity index (χ3v) is 6.27. The van der Waals surface area contributed by atoms with E-state index in [-0.39, 0.29) is 5.91 Å². The number of anilines is 1. The van der Waals surface area contributed by atoms with Crippen LogP contribution in [-0.2, 0) is 17.9 Å². The van der Waals surface area contributed by atoms with E-state index in [1.54, 1.807) is 28.5 Å². The standard InChI is InChI=1S/C22H24N4OS/c1-15-18-5-3-4-6-19(18)28-20(15)14-26(2)21(27)8-7-16-11-17-13-23-9-10-24-22(17)25-12-16/h3-8,11-12,23H,9-10,13-14H2,1-2H3,(H,24,25)/b8-7+. The summed E-state index contributed by atoms with van der Waals surface area (Å²) >= 11 is 1.76. The first-order valence-electron chi connectivity index (χ1n) is 9.45. The van der Waals surface area contributed by atoms with Crippen LogP contribution in [0.25, 0.3) is 16.2 Å². The smallest absolute Gasteiger partial charge is 0.246 e. The molecule has 0 saturated heterocycles. The number of hydrogen-bond donors (Lipinski definition) is 2. The van der Waals surface area contributed by atoms with Crippen LogP contribution in [0.3, 0.4) is 0 Å². The van der Waals surface area contributed by atoms with Gasteiger partial charge in [0.1, 0.15) is 5.82 Å². The molecule has 0 atom stereocenters. The Morgan fingerprint density at radius 3 is 3.04 bits per heavy atom. The number of hydrogen-bond acceptors (Lipinski definition) is 5. The van der Waals surface area contributed by atoms with E-state index in [4.69, 9.17) is 0 Å². The Bertz CT molecular complexity index is 1040. The van der Waals surface area contributed by atoms with Crippen LogP contribution in [0.15, 0.2) is 42.6 Å². The fourth-order valence-electron chi connectivity index (χ4n) is 3.37. The van der Waals surface area contributed by atoms with Gasteiger partial charge in [-0.15, -0.1) is 11.3 Å². The molecule has 0 unspecified atom stereocenters. The largest absolute Gasteiger partial charge is 0.369 e. The molecule has 0 saturated carbocycles. The Balaban J connectivity index is 1.45. The van der Waals surface area contributed by atoms with Crippen molar-refractivity contribution in [2.45, 2.75) is 20.0 Å². The summed E-state index contributed by atoms with van der Waals surface area (Å²) in [4.78, 5) is 20.1. The zero-order valence-electron chi connectivity index (χ0n) is 16.2. The predicted octanol–water partition coefficient (Wildman–Crippen LogP) is 3.79. The normalized spacial score (nSPS) is 13.9. The number of nitrogens with one attached hydrogen (secondary N) is 2. The van der Waals surface area contributed by atoms with Crippen molar-refractivity contribution in [3.63, 3.8) is 0 Å². The molecule has 1 aromatic carbocycles. The molecular weight excluding hydrogens is 368 g/mol. The summed E-state index contributed by atoms with van der Waals surface area (Å²) in [5.41, 5.74) is 3.32. The zero-order valence-corrected chi connectivity index (χ0v) is 17.0. The molecule has 0 radical (unpaired) electrons. The van der Waals surface area contributed by atoms with E-state index in [0.717, 1.165) is 36.6 Å². The van der Waals surface area contributed by atoms with Crippen molar-refractivity contribution in [3.05, 3.63) is 64.2 Å². The molecular formula is C22H24N4OS. The average molecular weight is 393 g/mol. The minimum absolute atomic E-state index is 0.0111. The SMILES string of the molecule is Cc1c(CN(C)C(=O)/C=C/c2cnc3c(c2)CNCCN3)sc2ccccc12. The van der Waals surface area contributed by atoms with Gasteiger partial charge in [-0.3, -0.25) is 4.79 Å². The summed E-state index contributed by atoms with van der Waals surface area (Å²) in [6.07, 6.45) is 5.27. The van der Waals surface area contributed by atoms with Crippen LogP contribution < -0.4 is 10.6 Å². The second kappa shape index (κ2) is 8.12. The monoisotopic (exact) mass is 392 g/mol. The van der Waals surface area contributed by atoms with Crippen molar-refractivity contribution >= 4 is 39.2 Å². The van der Waals surface area contributed by atoms with E-state index in [2.05, 4.69) is 52.9 Å². The Labute approximate surface area is 169 Å². The highest BCUT2D eigenvalue weighted by atomic mass is 32.1. The van der Waals surface area contributed by atoms with Crippen LogP contribution in [0, 0.1) is 6.92 Å². The molecule has 28 heavy (non-hydrogen) atoms. The summed E-state index contributed by atoms with van der Waals surface area (Å²) < 4.78 is 1.27. The number of aromatic nitrogens is 1. The molecule has 3 aromatic rings. The first kappa shape index (κ1) is 18.7. The third kappa shape index (κ3) is 3.93. The molecule has 1 amide bonds. The zero-order chi connectivity index (χ0) is 19.5. The molecule has 0 bridgehead atoms. The third-order valence-electron chi connectivity index (χ3n) is 5.02. The lowest BCUT2D eigenvalue weighted by Crippen LogP contribution is -2.23. The van der Waals surface area contributed by atoms with Gasteiger partial charge in [-0.25, -0.2) is 4.98 Å². The van der Waals surface area contributed by atoms with E-state index >= 15 is 0 Å². The van der Waals surface area contributed by atoms with Gasteiger partial charge in [-0.05, 0) is 41.6 Å². The minimum Gasteiger partial charge on any atom is -0.369 e. The van der Waals surface area contributed by atoms with Gasteiger partial charge in [0.25, 0.3) is 0 Å². The Kier molecular flexibility index (Phi) is 5.41. The Morgan fingerprint density at radius 1 is 1.32 bits per heavy atom. The molecule has 6 heteroatoms. The van der Waals surface area contributed by atoms with Crippen molar-refractivity contribution in [1.82, 2.24) is 15.2 Å². The van der Waals surface area contributed by atoms with E-state index < -0.39 is 0 Å². The summed E-state index contributed by atoms with van der Waals surface area (Å²) in [6.45, 7) is 5.32. The fraction of sp³-hybridized carbons (Fsp3) is 0.273. The lowest BCUT2D eigenvalue weighted by molar-refractivity contribution is -0.125. The van der Waals surface area contributed by atoms with E-state index in [9.17, 15) is 4.79 Å². The van der Waals surface area contributed by atoms with Crippen LogP contribution >= 0.6 is 11.3 Å². The molecule has 1 aliphatic heterocycles. The van der Waals surface area contributed by atoms with Crippen molar-refractivity contribution < 1.29 is 4.79 Å². The Hall–Kier alpha value is -2.70. The maximum atomic E-state index is 12.6. The maximum absolute atomic E-state index is 12.6. The van der Waals surface area contributed by atoms with Crippen LogP contribution in [-0.4, -0.2) is 35.9 Å². The molecule has 3 heterocycles. The highest BCUT2D eigenvalue weighted by molar-refractivity contribution is 7.19. The van der Waals surface area contributed by atoms with Crippen molar-refractivity contribution in [3.8, 4) is 0 Å². The number of aryl methyl sites for hydroxylation is 1. The van der Waals surface area contributed by atoms with Crippen LogP contribution in [0.2, 0.25) is 0 Å². The topological polar surface area (TPSA) is 57.3 Å². The number of amides is 1. The van der Waals surface area contributed by atoms with Crippen molar-refractivity contribution in [2.24, 2.45) is 0 Å². The lowest BCUT2D eigenvalue weighted by atomic mass is 10.1. The number of carbonyl (C=O) groups is 1. The average Bonchev–Trinajstić information content (AvgIpc) is 2.88. The van der Waals surface area contributed by atoms with Crippen LogP contribution in [0.5, 0.6) is 0 Å². The van der Waals surface area contributed by atoms with Crippen LogP contribution in [0.4, 0.5) is 5.82 Å². The molecule has 2 aromatic heterocycles. The number of thiophene rings is 1. The number of nitrogens with zero attached hydrogens (tertiary/aromatic N) is 2. The van der Waals surface area contributed by atoms with Gasteiger partial charge >= 0.3 is 0 Å². The molecule has 144 valence electrons. The van der Waals surface area contributed by atoms with Crippen LogP contribution in [0.1, 0.15) is 21.6 Å². The van der Waals surface area contributed by atoms with Gasteiger partial charge in [-0.1, -0.05) is 18.2 Å². The first-order chi connectivity index (χ1) is 13.6. The minimum atomic E-state index is -0.0111. The molecule has 0 fully saturated rings. The number of fused-ring (bicyclic) bond motifs is 2. The number of carbonyl (C=O) groups excluding carboxylic acids is 1. The maximum Gasteiger partial charge on any atom is 0.246 e. The molecule has 0 spiro atoms. The van der Waals surface area contributed by atoms with Crippen molar-refractivity contribution in [2.75, 3.05) is 25.5 Å². The number of benzene rings is 1. The molecule has 0 aliphatic carbocycles. The quantitative estimate of drug-likeness (QED) is 0.663. The second-order valence-electron chi connectivity index (χ2n) is 7.05. The summed E-state index contributed by atoms with van der Waals surface area (Å²) in [5, 5.41) is 7.94. The highest BCUT2D eigenvalue weighted by Gasteiger charge is 2.13. The number of pyridine rings is 1. The molecule has 1 aliphatic rings. The highest BCUT2D eigenvalue weighted by Crippen LogP contribution is 2.31. The Morgan fingerprint density at radius 2 is 2.18 bits per heavy atom. The van der Waals surface area contributed by atoms with Gasteiger partial charge in [0.2, 0.25) is 5.91 Å². The molecule has 5 nitrogen and oxygen atoms in total. The summed E-state index contributed by atoms with van der Waals surface area (Å²) in [6, 6.07) is 10.5. The number of likely N-dealkylation sites (N-methyl/N-ethyl adjacent to an activating group) is 1. The van der Waals surface area contributed by atoms with Gasteiger partial charge < -0.3 is 15.5 Å². The van der Waals surface area contributed by atoms with E-state index in [0.29, 0.717) is 6.54 Å². The number of rotatable bonds is 4. The molecule has 4 rings (SSSR count). The van der Waals surface area contributed by atoms with E-state index in [1.807, 2.05) is 13.1 Å². The van der Waals surface area contributed by atoms with E-state index in [1.165, 1.54) is 20.5 Å². The van der Waals surface area contributed by atoms with Gasteiger partial charge in [0, 0.05) is 54.1 Å². The lowest BCUT2D eigenvalue weighted by Gasteiger charge is -2.14. The first-order valence-corrected chi connectivity index (χ1v) is 10.3. The summed E-state index contributed by atoms with van der Waals surface area (Å²) in [7, 11) is 1.85.